The van der Waals surface area contributed by atoms with E-state index in [9.17, 15) is 4.79 Å². The van der Waals surface area contributed by atoms with Crippen molar-refractivity contribution in [1.29, 1.82) is 0 Å². The van der Waals surface area contributed by atoms with Crippen molar-refractivity contribution >= 4 is 5.91 Å². The number of amides is 1. The molecule has 0 aromatic heterocycles. The van der Waals surface area contributed by atoms with Crippen molar-refractivity contribution in [1.82, 2.24) is 5.32 Å². The second kappa shape index (κ2) is 5.93. The van der Waals surface area contributed by atoms with Gasteiger partial charge in [0.2, 0.25) is 5.91 Å². The normalized spacial score (nSPS) is 15.6. The van der Waals surface area contributed by atoms with E-state index in [-0.39, 0.29) is 12.6 Å². The first kappa shape index (κ1) is 11.4. The van der Waals surface area contributed by atoms with Crippen LogP contribution in [0.2, 0.25) is 0 Å². The summed E-state index contributed by atoms with van der Waals surface area (Å²) in [5, 5.41) is 11.7. The van der Waals surface area contributed by atoms with E-state index in [0.717, 1.165) is 6.42 Å². The number of hydrogen-bond donors (Lipinski definition) is 4. The predicted octanol–water partition coefficient (Wildman–Crippen LogP) is -1.84. The lowest BCUT2D eigenvalue weighted by Gasteiger charge is -2.15. The minimum Gasteiger partial charge on any atom is -0.395 e. The van der Waals surface area contributed by atoms with E-state index in [2.05, 4.69) is 5.32 Å². The van der Waals surface area contributed by atoms with Crippen molar-refractivity contribution in [3.8, 4) is 0 Å². The molecule has 0 aromatic rings. The highest BCUT2D eigenvalue weighted by atomic mass is 16.3. The molecular weight excluding hydrogens is 158 g/mol. The summed E-state index contributed by atoms with van der Waals surface area (Å²) >= 11 is 0. The van der Waals surface area contributed by atoms with Gasteiger partial charge in [-0.25, -0.2) is 0 Å². The van der Waals surface area contributed by atoms with Crippen LogP contribution in [-0.4, -0.2) is 36.2 Å². The van der Waals surface area contributed by atoms with E-state index in [1.165, 1.54) is 0 Å². The van der Waals surface area contributed by atoms with Gasteiger partial charge in [0.05, 0.1) is 12.6 Å². The van der Waals surface area contributed by atoms with E-state index in [1.807, 2.05) is 6.92 Å². The minimum atomic E-state index is -0.675. The Morgan fingerprint density at radius 3 is 2.58 bits per heavy atom. The van der Waals surface area contributed by atoms with Crippen LogP contribution in [0.15, 0.2) is 0 Å². The van der Waals surface area contributed by atoms with Crippen LogP contribution < -0.4 is 16.8 Å². The molecule has 0 aromatic carbocycles. The monoisotopic (exact) mass is 175 g/mol. The molecule has 2 unspecified atom stereocenters. The van der Waals surface area contributed by atoms with Gasteiger partial charge < -0.3 is 21.9 Å². The summed E-state index contributed by atoms with van der Waals surface area (Å²) in [7, 11) is 0. The summed E-state index contributed by atoms with van der Waals surface area (Å²) in [6, 6.07) is -0.680. The van der Waals surface area contributed by atoms with Crippen LogP contribution in [0.3, 0.4) is 0 Å². The van der Waals surface area contributed by atoms with Crippen LogP contribution in [0.5, 0.6) is 0 Å². The first-order valence-corrected chi connectivity index (χ1v) is 4.01. The van der Waals surface area contributed by atoms with Crippen molar-refractivity contribution < 1.29 is 9.90 Å². The summed E-state index contributed by atoms with van der Waals surface area (Å²) < 4.78 is 0. The predicted molar refractivity (Wildman–Crippen MR) is 46.3 cm³/mol. The molecule has 0 radical (unpaired) electrons. The third-order valence-corrected chi connectivity index (χ3v) is 1.71. The van der Waals surface area contributed by atoms with Gasteiger partial charge in [-0.3, -0.25) is 4.79 Å². The molecule has 2 atom stereocenters. The topological polar surface area (TPSA) is 101 Å². The molecule has 0 bridgehead atoms. The molecule has 0 heterocycles. The number of carbonyl (C=O) groups is 1. The fraction of sp³-hybridized carbons (Fsp3) is 0.857. The third kappa shape index (κ3) is 4.27. The number of aliphatic hydroxyl groups is 1. The third-order valence-electron chi connectivity index (χ3n) is 1.71. The highest BCUT2D eigenvalue weighted by Crippen LogP contribution is 1.88. The second-order valence-corrected chi connectivity index (χ2v) is 2.70. The Kier molecular flexibility index (Phi) is 5.61. The van der Waals surface area contributed by atoms with E-state index >= 15 is 0 Å². The summed E-state index contributed by atoms with van der Waals surface area (Å²) in [4.78, 5) is 10.5. The van der Waals surface area contributed by atoms with Crippen LogP contribution in [0.4, 0.5) is 0 Å². The number of hydrogen-bond acceptors (Lipinski definition) is 4. The summed E-state index contributed by atoms with van der Waals surface area (Å²) in [6.07, 6.45) is 0.794. The highest BCUT2D eigenvalue weighted by Gasteiger charge is 2.10. The summed E-state index contributed by atoms with van der Waals surface area (Å²) in [6.45, 7) is 2.29. The minimum absolute atomic E-state index is 0.00426. The van der Waals surface area contributed by atoms with Crippen molar-refractivity contribution in [3.63, 3.8) is 0 Å². The van der Waals surface area contributed by atoms with Crippen LogP contribution >= 0.6 is 0 Å². The number of nitrogens with two attached hydrogens (primary N) is 2. The fourth-order valence-corrected chi connectivity index (χ4v) is 0.732. The molecule has 0 aliphatic rings. The maximum absolute atomic E-state index is 10.5. The SMILES string of the molecule is CCC(CO)NCC(N)C(N)=O. The van der Waals surface area contributed by atoms with Gasteiger partial charge in [0.15, 0.2) is 0 Å². The lowest BCUT2D eigenvalue weighted by atomic mass is 10.2. The Labute approximate surface area is 72.1 Å². The molecule has 0 saturated heterocycles. The van der Waals surface area contributed by atoms with Crippen LogP contribution in [0.1, 0.15) is 13.3 Å². The lowest BCUT2D eigenvalue weighted by molar-refractivity contribution is -0.119. The zero-order valence-corrected chi connectivity index (χ0v) is 7.29. The Morgan fingerprint density at radius 1 is 1.67 bits per heavy atom. The van der Waals surface area contributed by atoms with E-state index < -0.39 is 11.9 Å². The molecule has 0 rings (SSSR count). The van der Waals surface area contributed by atoms with Crippen molar-refractivity contribution in [2.75, 3.05) is 13.2 Å². The van der Waals surface area contributed by atoms with Gasteiger partial charge >= 0.3 is 0 Å². The van der Waals surface area contributed by atoms with Gasteiger partial charge in [-0.2, -0.15) is 0 Å². The van der Waals surface area contributed by atoms with E-state index in [4.69, 9.17) is 16.6 Å². The molecule has 1 amide bonds. The van der Waals surface area contributed by atoms with Gasteiger partial charge in [-0.15, -0.1) is 0 Å². The van der Waals surface area contributed by atoms with Crippen LogP contribution in [0.25, 0.3) is 0 Å². The molecule has 0 spiro atoms. The molecule has 0 aliphatic heterocycles. The first-order chi connectivity index (χ1) is 5.61. The average molecular weight is 175 g/mol. The number of nitrogens with one attached hydrogen (secondary N) is 1. The second-order valence-electron chi connectivity index (χ2n) is 2.70. The highest BCUT2D eigenvalue weighted by molar-refractivity contribution is 5.79. The van der Waals surface area contributed by atoms with Crippen molar-refractivity contribution in [2.24, 2.45) is 11.5 Å². The Hall–Kier alpha value is -0.650. The molecule has 5 heteroatoms. The Balaban J connectivity index is 3.58. The number of carbonyl (C=O) groups excluding carboxylic acids is 1. The molecule has 12 heavy (non-hydrogen) atoms. The molecule has 5 nitrogen and oxygen atoms in total. The smallest absolute Gasteiger partial charge is 0.235 e. The largest absolute Gasteiger partial charge is 0.395 e. The van der Waals surface area contributed by atoms with E-state index in [0.29, 0.717) is 6.54 Å². The molecule has 0 fully saturated rings. The van der Waals surface area contributed by atoms with Crippen LogP contribution in [-0.2, 0) is 4.79 Å². The maximum Gasteiger partial charge on any atom is 0.235 e. The van der Waals surface area contributed by atoms with Crippen molar-refractivity contribution in [3.05, 3.63) is 0 Å². The zero-order valence-electron chi connectivity index (χ0n) is 7.29. The standard InChI is InChI=1S/C7H17N3O2/c1-2-5(4-11)10-3-6(8)7(9)12/h5-6,10-11H,2-4,8H2,1H3,(H2,9,12). The number of aliphatic hydroxyl groups excluding tert-OH is 1. The molecule has 0 saturated carbocycles. The fourth-order valence-electron chi connectivity index (χ4n) is 0.732. The lowest BCUT2D eigenvalue weighted by Crippen LogP contribution is -2.47. The maximum atomic E-state index is 10.5. The quantitative estimate of drug-likeness (QED) is 0.381. The van der Waals surface area contributed by atoms with Gasteiger partial charge in [0.25, 0.3) is 0 Å². The zero-order chi connectivity index (χ0) is 9.56. The summed E-state index contributed by atoms with van der Waals surface area (Å²) in [5.41, 5.74) is 10.3. The van der Waals surface area contributed by atoms with Gasteiger partial charge in [-0.05, 0) is 6.42 Å². The average Bonchev–Trinajstić information content (AvgIpc) is 2.05. The summed E-state index contributed by atoms with van der Waals surface area (Å²) in [5.74, 6) is -0.532. The molecular formula is C7H17N3O2. The first-order valence-electron chi connectivity index (χ1n) is 4.01. The van der Waals surface area contributed by atoms with Crippen LogP contribution in [0, 0.1) is 0 Å². The van der Waals surface area contributed by atoms with Gasteiger partial charge in [0, 0.05) is 12.6 Å². The van der Waals surface area contributed by atoms with Gasteiger partial charge in [-0.1, -0.05) is 6.92 Å². The molecule has 0 aliphatic carbocycles. The van der Waals surface area contributed by atoms with Gasteiger partial charge in [0.1, 0.15) is 0 Å². The van der Waals surface area contributed by atoms with Crippen molar-refractivity contribution in [2.45, 2.75) is 25.4 Å². The molecule has 72 valence electrons. The molecule has 6 N–H and O–H groups in total. The Morgan fingerprint density at radius 2 is 2.25 bits per heavy atom. The Bertz CT molecular complexity index is 137. The number of primary amides is 1. The van der Waals surface area contributed by atoms with E-state index in [1.54, 1.807) is 0 Å². The number of rotatable bonds is 6.